The minimum atomic E-state index is -1.08. The Morgan fingerprint density at radius 2 is 2.05 bits per heavy atom. The van der Waals surface area contributed by atoms with Gasteiger partial charge in [-0.15, -0.1) is 0 Å². The van der Waals surface area contributed by atoms with Crippen LogP contribution in [0, 0.1) is 11.6 Å². The Morgan fingerprint density at radius 3 is 2.62 bits per heavy atom. The van der Waals surface area contributed by atoms with Gasteiger partial charge in [-0.3, -0.25) is 4.79 Å². The minimum Gasteiger partial charge on any atom is -0.480 e. The highest BCUT2D eigenvalue weighted by Gasteiger charge is 2.19. The van der Waals surface area contributed by atoms with Crippen molar-refractivity contribution in [2.75, 3.05) is 12.0 Å². The predicted octanol–water partition coefficient (Wildman–Crippen LogP) is 2.22. The van der Waals surface area contributed by atoms with Gasteiger partial charge in [-0.05, 0) is 42.5 Å². The van der Waals surface area contributed by atoms with Crippen molar-refractivity contribution in [2.24, 2.45) is 0 Å². The highest BCUT2D eigenvalue weighted by atomic mass is 32.2. The van der Waals surface area contributed by atoms with E-state index in [1.807, 2.05) is 6.26 Å². The molecule has 0 unspecified atom stereocenters. The molecule has 0 aliphatic carbocycles. The molecule has 1 aromatic carbocycles. The summed E-state index contributed by atoms with van der Waals surface area (Å²) in [5.74, 6) is -2.78. The van der Waals surface area contributed by atoms with Crippen molar-refractivity contribution in [3.63, 3.8) is 0 Å². The van der Waals surface area contributed by atoms with Gasteiger partial charge < -0.3 is 10.4 Å². The fourth-order valence-electron chi connectivity index (χ4n) is 1.71. The standard InChI is InChI=1S/C14H17F2NO3S/c1-21-7-6-12(14(19)20)17-13(18)5-3-9-2-4-10(15)11(16)8-9/h2,4,8,12H,3,5-7H2,1H3,(H,17,18)(H,19,20)/t12-/m1/s1. The minimum absolute atomic E-state index is 0.0219. The number of nitrogens with one attached hydrogen (secondary N) is 1. The first-order valence-corrected chi connectivity index (χ1v) is 7.78. The van der Waals surface area contributed by atoms with Gasteiger partial charge in [-0.1, -0.05) is 6.07 Å². The number of aliphatic carboxylic acids is 1. The smallest absolute Gasteiger partial charge is 0.326 e. The Morgan fingerprint density at radius 1 is 1.33 bits per heavy atom. The van der Waals surface area contributed by atoms with Gasteiger partial charge in [-0.25, -0.2) is 13.6 Å². The Balaban J connectivity index is 2.48. The van der Waals surface area contributed by atoms with Gasteiger partial charge in [0.15, 0.2) is 11.6 Å². The van der Waals surface area contributed by atoms with Crippen LogP contribution in [0.3, 0.4) is 0 Å². The lowest BCUT2D eigenvalue weighted by atomic mass is 10.1. The van der Waals surface area contributed by atoms with Crippen LogP contribution < -0.4 is 5.32 Å². The third-order valence-electron chi connectivity index (χ3n) is 2.87. The molecule has 0 saturated carbocycles. The fraction of sp³-hybridized carbons (Fsp3) is 0.429. The molecule has 21 heavy (non-hydrogen) atoms. The molecule has 0 aromatic heterocycles. The highest BCUT2D eigenvalue weighted by Crippen LogP contribution is 2.10. The van der Waals surface area contributed by atoms with E-state index in [2.05, 4.69) is 5.32 Å². The lowest BCUT2D eigenvalue weighted by molar-refractivity contribution is -0.141. The van der Waals surface area contributed by atoms with Crippen molar-refractivity contribution < 1.29 is 23.5 Å². The van der Waals surface area contributed by atoms with Crippen LogP contribution in [-0.2, 0) is 16.0 Å². The normalized spacial score (nSPS) is 12.0. The number of carboxylic acid groups (broad SMARTS) is 1. The van der Waals surface area contributed by atoms with Gasteiger partial charge in [0.2, 0.25) is 5.91 Å². The number of halogens is 2. The van der Waals surface area contributed by atoms with Gasteiger partial charge >= 0.3 is 5.97 Å². The van der Waals surface area contributed by atoms with Crippen LogP contribution in [-0.4, -0.2) is 35.0 Å². The van der Waals surface area contributed by atoms with E-state index in [0.29, 0.717) is 17.7 Å². The Labute approximate surface area is 125 Å². The molecule has 1 amide bonds. The number of amides is 1. The summed E-state index contributed by atoms with van der Waals surface area (Å²) in [6.07, 6.45) is 2.43. The number of carbonyl (C=O) groups is 2. The molecule has 0 radical (unpaired) electrons. The van der Waals surface area contributed by atoms with Crippen LogP contribution in [0.4, 0.5) is 8.78 Å². The number of aryl methyl sites for hydroxylation is 1. The zero-order valence-electron chi connectivity index (χ0n) is 11.6. The Hall–Kier alpha value is -1.63. The van der Waals surface area contributed by atoms with E-state index in [9.17, 15) is 18.4 Å². The van der Waals surface area contributed by atoms with Crippen LogP contribution in [0.15, 0.2) is 18.2 Å². The van der Waals surface area contributed by atoms with Crippen molar-refractivity contribution in [3.8, 4) is 0 Å². The largest absolute Gasteiger partial charge is 0.480 e. The summed E-state index contributed by atoms with van der Waals surface area (Å²) < 4.78 is 25.8. The molecule has 0 bridgehead atoms. The number of hydrogen-bond acceptors (Lipinski definition) is 3. The first kappa shape index (κ1) is 17.4. The summed E-state index contributed by atoms with van der Waals surface area (Å²) in [7, 11) is 0. The zero-order chi connectivity index (χ0) is 15.8. The lowest BCUT2D eigenvalue weighted by Crippen LogP contribution is -2.41. The average Bonchev–Trinajstić information content (AvgIpc) is 2.44. The van der Waals surface area contributed by atoms with Gasteiger partial charge in [0, 0.05) is 6.42 Å². The van der Waals surface area contributed by atoms with E-state index in [-0.39, 0.29) is 12.8 Å². The number of carboxylic acids is 1. The van der Waals surface area contributed by atoms with Crippen LogP contribution >= 0.6 is 11.8 Å². The number of carbonyl (C=O) groups excluding carboxylic acids is 1. The second-order valence-corrected chi connectivity index (χ2v) is 5.47. The van der Waals surface area contributed by atoms with Crippen molar-refractivity contribution in [1.82, 2.24) is 5.32 Å². The summed E-state index contributed by atoms with van der Waals surface area (Å²) in [4.78, 5) is 22.7. The molecule has 7 heteroatoms. The average molecular weight is 317 g/mol. The number of thioether (sulfide) groups is 1. The van der Waals surface area contributed by atoms with Crippen molar-refractivity contribution in [2.45, 2.75) is 25.3 Å². The van der Waals surface area contributed by atoms with Gasteiger partial charge in [0.25, 0.3) is 0 Å². The third-order valence-corrected chi connectivity index (χ3v) is 3.51. The van der Waals surface area contributed by atoms with E-state index in [1.165, 1.54) is 17.8 Å². The highest BCUT2D eigenvalue weighted by molar-refractivity contribution is 7.98. The van der Waals surface area contributed by atoms with Crippen LogP contribution in [0.5, 0.6) is 0 Å². The second kappa shape index (κ2) is 8.61. The van der Waals surface area contributed by atoms with Crippen LogP contribution in [0.2, 0.25) is 0 Å². The molecular formula is C14H17F2NO3S. The first-order chi connectivity index (χ1) is 9.93. The molecule has 4 nitrogen and oxygen atoms in total. The topological polar surface area (TPSA) is 66.4 Å². The lowest BCUT2D eigenvalue weighted by Gasteiger charge is -2.13. The molecule has 0 aliphatic rings. The van der Waals surface area contributed by atoms with E-state index in [0.717, 1.165) is 12.1 Å². The van der Waals surface area contributed by atoms with Crippen LogP contribution in [0.1, 0.15) is 18.4 Å². The van der Waals surface area contributed by atoms with Crippen molar-refractivity contribution in [1.29, 1.82) is 0 Å². The maximum atomic E-state index is 13.0. The molecular weight excluding hydrogens is 300 g/mol. The molecule has 116 valence electrons. The van der Waals surface area contributed by atoms with E-state index in [4.69, 9.17) is 5.11 Å². The summed E-state index contributed by atoms with van der Waals surface area (Å²) in [6.45, 7) is 0. The SMILES string of the molecule is CSCC[C@@H](NC(=O)CCc1ccc(F)c(F)c1)C(=O)O. The van der Waals surface area contributed by atoms with Gasteiger partial charge in [-0.2, -0.15) is 11.8 Å². The molecule has 0 saturated heterocycles. The monoisotopic (exact) mass is 317 g/mol. The van der Waals surface area contributed by atoms with Gasteiger partial charge in [0.1, 0.15) is 6.04 Å². The van der Waals surface area contributed by atoms with Crippen molar-refractivity contribution in [3.05, 3.63) is 35.4 Å². The van der Waals surface area contributed by atoms with E-state index >= 15 is 0 Å². The van der Waals surface area contributed by atoms with E-state index < -0.39 is 29.6 Å². The number of benzene rings is 1. The summed E-state index contributed by atoms with van der Waals surface area (Å²) >= 11 is 1.50. The molecule has 0 spiro atoms. The summed E-state index contributed by atoms with van der Waals surface area (Å²) in [5, 5.41) is 11.4. The van der Waals surface area contributed by atoms with Gasteiger partial charge in [0.05, 0.1) is 0 Å². The maximum Gasteiger partial charge on any atom is 0.326 e. The molecule has 1 atom stereocenters. The Bertz CT molecular complexity index is 511. The molecule has 1 rings (SSSR count). The Kier molecular flexibility index (Phi) is 7.14. The molecule has 0 aliphatic heterocycles. The quantitative estimate of drug-likeness (QED) is 0.771. The zero-order valence-corrected chi connectivity index (χ0v) is 12.4. The van der Waals surface area contributed by atoms with E-state index in [1.54, 1.807) is 0 Å². The van der Waals surface area contributed by atoms with Crippen molar-refractivity contribution >= 4 is 23.6 Å². The number of rotatable bonds is 8. The second-order valence-electron chi connectivity index (χ2n) is 4.49. The molecule has 1 aromatic rings. The maximum absolute atomic E-state index is 13.0. The summed E-state index contributed by atoms with van der Waals surface area (Å²) in [5.41, 5.74) is 0.486. The fourth-order valence-corrected chi connectivity index (χ4v) is 2.18. The predicted molar refractivity (Wildman–Crippen MR) is 77.2 cm³/mol. The number of hydrogen-bond donors (Lipinski definition) is 2. The third kappa shape index (κ3) is 6.12. The molecule has 2 N–H and O–H groups in total. The molecule has 0 heterocycles. The van der Waals surface area contributed by atoms with Crippen LogP contribution in [0.25, 0.3) is 0 Å². The first-order valence-electron chi connectivity index (χ1n) is 6.39. The molecule has 0 fully saturated rings. The summed E-state index contributed by atoms with van der Waals surface area (Å²) in [6, 6.07) is 2.51.